The molecule has 1 amide bonds. The Bertz CT molecular complexity index is 3070. The number of hydrogen-bond donors (Lipinski definition) is 3. The normalized spacial score (nSPS) is 11.0. The summed E-state index contributed by atoms with van der Waals surface area (Å²) in [6.07, 6.45) is 0. The van der Waals surface area contributed by atoms with E-state index in [2.05, 4.69) is 5.32 Å². The maximum absolute atomic E-state index is 13.9. The molecular formula is C47H32F2N2O9S2. The fraction of sp³-hybridized carbons (Fsp3) is 0.0638. The van der Waals surface area contributed by atoms with Gasteiger partial charge in [-0.2, -0.15) is 0 Å². The Kier molecular flexibility index (Phi) is 11.4. The lowest BCUT2D eigenvalue weighted by Gasteiger charge is -2.11. The molecular weight excluding hydrogens is 839 g/mol. The van der Waals surface area contributed by atoms with E-state index in [1.165, 1.54) is 72.8 Å². The maximum atomic E-state index is 13.9. The van der Waals surface area contributed by atoms with Crippen molar-refractivity contribution in [2.24, 2.45) is 0 Å². The number of aryl methyl sites for hydroxylation is 2. The van der Waals surface area contributed by atoms with Crippen molar-refractivity contribution < 1.29 is 52.0 Å². The van der Waals surface area contributed by atoms with Crippen LogP contribution in [0, 0.1) is 25.5 Å². The Balaban J connectivity index is 0.924. The van der Waals surface area contributed by atoms with Crippen LogP contribution < -0.4 is 25.3 Å². The van der Waals surface area contributed by atoms with E-state index in [4.69, 9.17) is 24.7 Å². The second kappa shape index (κ2) is 17.2. The summed E-state index contributed by atoms with van der Waals surface area (Å²) < 4.78 is 52.0. The molecule has 2 heterocycles. The zero-order chi connectivity index (χ0) is 43.7. The first-order valence-electron chi connectivity index (χ1n) is 18.7. The summed E-state index contributed by atoms with van der Waals surface area (Å²) in [5.41, 5.74) is 8.12. The fourth-order valence-corrected chi connectivity index (χ4v) is 8.72. The second-order valence-corrected chi connectivity index (χ2v) is 16.0. The maximum Gasteiger partial charge on any atom is 0.400 e. The van der Waals surface area contributed by atoms with Crippen molar-refractivity contribution in [2.45, 2.75) is 13.8 Å². The first-order valence-corrected chi connectivity index (χ1v) is 20.3. The molecule has 0 atom stereocenters. The van der Waals surface area contributed by atoms with Crippen LogP contribution in [0.2, 0.25) is 0 Å². The number of nitrogens with two attached hydrogens (primary N) is 1. The van der Waals surface area contributed by atoms with Gasteiger partial charge in [-0.15, -0.1) is 22.7 Å². The predicted octanol–water partition coefficient (Wildman–Crippen LogP) is 10.9. The van der Waals surface area contributed by atoms with Crippen LogP contribution in [0.4, 0.5) is 20.2 Å². The number of thiophene rings is 2. The number of benzene rings is 6. The monoisotopic (exact) mass is 870 g/mol. The number of ether oxygens (including phenoxy) is 4. The highest BCUT2D eigenvalue weighted by Crippen LogP contribution is 2.45. The first-order chi connectivity index (χ1) is 29.8. The smallest absolute Gasteiger partial charge is 0.400 e. The highest BCUT2D eigenvalue weighted by Gasteiger charge is 2.26. The van der Waals surface area contributed by atoms with E-state index in [-0.39, 0.29) is 50.0 Å². The van der Waals surface area contributed by atoms with Crippen molar-refractivity contribution in [3.05, 3.63) is 165 Å². The summed E-state index contributed by atoms with van der Waals surface area (Å²) in [4.78, 5) is 53.4. The van der Waals surface area contributed by atoms with E-state index in [1.807, 2.05) is 0 Å². The van der Waals surface area contributed by atoms with Gasteiger partial charge in [0.15, 0.2) is 11.5 Å². The van der Waals surface area contributed by atoms with Crippen LogP contribution in [0.3, 0.4) is 0 Å². The predicted molar refractivity (Wildman–Crippen MR) is 232 cm³/mol. The Labute approximate surface area is 359 Å². The van der Waals surface area contributed by atoms with Gasteiger partial charge in [-0.25, -0.2) is 13.6 Å². The molecule has 15 heteroatoms. The van der Waals surface area contributed by atoms with E-state index in [0.717, 1.165) is 22.7 Å². The van der Waals surface area contributed by atoms with Gasteiger partial charge >= 0.3 is 11.9 Å². The lowest BCUT2D eigenvalue weighted by molar-refractivity contribution is -0.157. The number of halogens is 2. The highest BCUT2D eigenvalue weighted by molar-refractivity contribution is 7.22. The van der Waals surface area contributed by atoms with Crippen molar-refractivity contribution in [3.63, 3.8) is 0 Å². The summed E-state index contributed by atoms with van der Waals surface area (Å²) in [5, 5.41) is 13.7. The van der Waals surface area contributed by atoms with Crippen LogP contribution >= 0.6 is 22.7 Å². The zero-order valence-corrected chi connectivity index (χ0v) is 34.3. The third kappa shape index (κ3) is 8.66. The largest absolute Gasteiger partial charge is 0.508 e. The Morgan fingerprint density at radius 2 is 1.13 bits per heavy atom. The Morgan fingerprint density at radius 1 is 0.629 bits per heavy atom. The number of esters is 1. The van der Waals surface area contributed by atoms with Crippen molar-refractivity contribution in [3.8, 4) is 34.5 Å². The number of anilines is 2. The molecule has 6 aromatic carbocycles. The second-order valence-electron chi connectivity index (χ2n) is 13.9. The zero-order valence-electron chi connectivity index (χ0n) is 32.6. The minimum Gasteiger partial charge on any atom is -0.508 e. The molecule has 0 aliphatic heterocycles. The number of fused-ring (bicyclic) bond motifs is 2. The number of hydrogen-bond acceptors (Lipinski definition) is 12. The standard InChI is InChI=1S/C47H32F2N2O9S2/c1-24-19-26(48)3-15-34(24)40(53)44-42(36-17-9-30(52)21-38(36)61-44)60-32-12-7-29(8-13-32)51-46(55)47(56)58-23-57-33-14-18-37-39(22-33)62-45(41(54)35-16-4-27(49)20-25(35)2)43(37)59-31-10-5-28(50)6-11-31/h3-22,52H,23,50H2,1-2H3,(H,51,55). The number of aromatic hydroxyl groups is 1. The Morgan fingerprint density at radius 3 is 1.68 bits per heavy atom. The number of nitrogen functional groups attached to an aromatic ring is 1. The van der Waals surface area contributed by atoms with Gasteiger partial charge in [0, 0.05) is 42.7 Å². The Hall–Kier alpha value is -7.62. The summed E-state index contributed by atoms with van der Waals surface area (Å²) in [5.74, 6) is -2.46. The molecule has 62 heavy (non-hydrogen) atoms. The minimum atomic E-state index is -1.23. The van der Waals surface area contributed by atoms with Crippen LogP contribution in [0.15, 0.2) is 121 Å². The van der Waals surface area contributed by atoms with Gasteiger partial charge in [-0.3, -0.25) is 14.4 Å². The summed E-state index contributed by atoms with van der Waals surface area (Å²) >= 11 is 2.26. The first kappa shape index (κ1) is 41.1. The lowest BCUT2D eigenvalue weighted by atomic mass is 10.0. The highest BCUT2D eigenvalue weighted by atomic mass is 32.1. The van der Waals surface area contributed by atoms with E-state index < -0.39 is 30.3 Å². The molecule has 0 saturated carbocycles. The third-order valence-corrected chi connectivity index (χ3v) is 11.8. The molecule has 0 saturated heterocycles. The SMILES string of the molecule is Cc1cc(F)ccc1C(=O)c1sc2cc(O)ccc2c1Oc1ccc(NC(=O)C(=O)OCOc2ccc3c(Oc4ccc(N)cc4)c(C(=O)c4ccc(F)cc4C)sc3c2)cc1. The molecule has 0 spiro atoms. The quantitative estimate of drug-likeness (QED) is 0.0354. The molecule has 0 unspecified atom stereocenters. The molecule has 4 N–H and O–H groups in total. The third-order valence-electron chi connectivity index (χ3n) is 9.56. The van der Waals surface area contributed by atoms with E-state index in [9.17, 15) is 33.1 Å². The van der Waals surface area contributed by atoms with E-state index in [1.54, 1.807) is 62.4 Å². The number of carbonyl (C=O) groups is 4. The van der Waals surface area contributed by atoms with Crippen molar-refractivity contribution in [2.75, 3.05) is 17.8 Å². The van der Waals surface area contributed by atoms with Crippen LogP contribution in [0.5, 0.6) is 34.5 Å². The number of amides is 1. The average Bonchev–Trinajstić information content (AvgIpc) is 3.78. The molecule has 0 aliphatic rings. The molecule has 0 bridgehead atoms. The molecule has 0 aliphatic carbocycles. The molecule has 8 aromatic rings. The topological polar surface area (TPSA) is 163 Å². The van der Waals surface area contributed by atoms with Crippen LogP contribution in [-0.4, -0.2) is 35.3 Å². The molecule has 0 fully saturated rings. The van der Waals surface area contributed by atoms with Crippen molar-refractivity contribution in [1.82, 2.24) is 0 Å². The van der Waals surface area contributed by atoms with Crippen molar-refractivity contribution >= 4 is 77.7 Å². The molecule has 0 radical (unpaired) electrons. The minimum absolute atomic E-state index is 0.00591. The number of phenols is 1. The van der Waals surface area contributed by atoms with Gasteiger partial charge in [0.05, 0.1) is 0 Å². The number of rotatable bonds is 12. The number of ketones is 2. The van der Waals surface area contributed by atoms with Gasteiger partial charge in [-0.1, -0.05) is 0 Å². The number of phenolic OH excluding ortho intramolecular Hbond substituents is 1. The summed E-state index contributed by atoms with van der Waals surface area (Å²) in [6, 6.07) is 30.0. The molecule has 8 rings (SSSR count). The fourth-order valence-electron chi connectivity index (χ4n) is 6.49. The molecule has 2 aromatic heterocycles. The van der Waals surface area contributed by atoms with Crippen LogP contribution in [-0.2, 0) is 14.3 Å². The molecule has 310 valence electrons. The van der Waals surface area contributed by atoms with Gasteiger partial charge in [-0.05, 0) is 146 Å². The lowest BCUT2D eigenvalue weighted by Crippen LogP contribution is -2.26. The van der Waals surface area contributed by atoms with Crippen LogP contribution in [0.1, 0.15) is 41.6 Å². The van der Waals surface area contributed by atoms with Crippen molar-refractivity contribution in [1.29, 1.82) is 0 Å². The van der Waals surface area contributed by atoms with Gasteiger partial charge in [0.1, 0.15) is 44.4 Å². The molecule has 11 nitrogen and oxygen atoms in total. The number of carbonyl (C=O) groups excluding carboxylic acids is 4. The van der Waals surface area contributed by atoms with Gasteiger partial charge in [0.25, 0.3) is 0 Å². The average molecular weight is 871 g/mol. The summed E-state index contributed by atoms with van der Waals surface area (Å²) in [6.45, 7) is 2.66. The summed E-state index contributed by atoms with van der Waals surface area (Å²) in [7, 11) is 0. The van der Waals surface area contributed by atoms with Gasteiger partial charge < -0.3 is 35.1 Å². The van der Waals surface area contributed by atoms with E-state index >= 15 is 0 Å². The van der Waals surface area contributed by atoms with E-state index in [0.29, 0.717) is 59.6 Å². The van der Waals surface area contributed by atoms with Crippen LogP contribution in [0.25, 0.3) is 20.2 Å². The number of nitrogens with one attached hydrogen (secondary N) is 1. The van der Waals surface area contributed by atoms with Gasteiger partial charge in [0.2, 0.25) is 18.4 Å².